The summed E-state index contributed by atoms with van der Waals surface area (Å²) in [7, 11) is 0. The molecule has 0 heterocycles. The number of nitrogens with one attached hydrogen (secondary N) is 3. The first-order chi connectivity index (χ1) is 16.9. The maximum absolute atomic E-state index is 12.9. The lowest BCUT2D eigenvalue weighted by Gasteiger charge is -2.31. The second-order valence-corrected chi connectivity index (χ2v) is 10.4. The number of carbonyl (C=O) groups excluding carboxylic acids is 3. The van der Waals surface area contributed by atoms with Crippen molar-refractivity contribution in [2.45, 2.75) is 98.8 Å². The first kappa shape index (κ1) is 31.7. The maximum atomic E-state index is 12.9. The van der Waals surface area contributed by atoms with Gasteiger partial charge >= 0.3 is 0 Å². The summed E-state index contributed by atoms with van der Waals surface area (Å²) in [5, 5.41) is 8.84. The van der Waals surface area contributed by atoms with E-state index in [2.05, 4.69) is 22.9 Å². The van der Waals surface area contributed by atoms with Crippen LogP contribution in [0.4, 0.5) is 5.69 Å². The fourth-order valence-electron chi connectivity index (χ4n) is 3.34. The molecule has 36 heavy (non-hydrogen) atoms. The number of hydrogen-bond acceptors (Lipinski definition) is 6. The molecule has 0 saturated carbocycles. The zero-order chi connectivity index (χ0) is 27.2. The Hall–Kier alpha value is -2.29. The minimum Gasteiger partial charge on any atom is -0.375 e. The number of amides is 2. The van der Waals surface area contributed by atoms with Gasteiger partial charge in [0.2, 0.25) is 11.8 Å². The number of Topliss-reactive ketones (excluding diaryl/α,β-unsaturated/α-hetero) is 1. The molecule has 1 unspecified atom stereocenters. The van der Waals surface area contributed by atoms with Crippen LogP contribution in [0.3, 0.4) is 0 Å². The number of benzene rings is 1. The zero-order valence-electron chi connectivity index (χ0n) is 23.3. The predicted molar refractivity (Wildman–Crippen MR) is 144 cm³/mol. The van der Waals surface area contributed by atoms with Crippen LogP contribution in [0.2, 0.25) is 0 Å². The summed E-state index contributed by atoms with van der Waals surface area (Å²) < 4.78 is 11.6. The van der Waals surface area contributed by atoms with E-state index in [9.17, 15) is 14.4 Å². The quantitative estimate of drug-likeness (QED) is 0.199. The molecule has 2 atom stereocenters. The maximum Gasteiger partial charge on any atom is 0.246 e. The molecule has 1 aromatic carbocycles. The van der Waals surface area contributed by atoms with Gasteiger partial charge in [-0.1, -0.05) is 39.8 Å². The summed E-state index contributed by atoms with van der Waals surface area (Å²) in [4.78, 5) is 36.8. The Morgan fingerprint density at radius 3 is 2.28 bits per heavy atom. The van der Waals surface area contributed by atoms with Crippen molar-refractivity contribution in [3.63, 3.8) is 0 Å². The molecule has 0 spiro atoms. The first-order valence-corrected chi connectivity index (χ1v) is 13.0. The third-order valence-electron chi connectivity index (χ3n) is 6.41. The third-order valence-corrected chi connectivity index (χ3v) is 6.41. The molecule has 0 aliphatic rings. The van der Waals surface area contributed by atoms with Crippen LogP contribution < -0.4 is 16.0 Å². The Labute approximate surface area is 217 Å². The summed E-state index contributed by atoms with van der Waals surface area (Å²) in [5.74, 6) is -0.351. The molecule has 0 fully saturated rings. The average molecular weight is 506 g/mol. The van der Waals surface area contributed by atoms with Crippen molar-refractivity contribution in [2.75, 3.05) is 25.2 Å². The van der Waals surface area contributed by atoms with E-state index in [1.807, 2.05) is 52.0 Å². The van der Waals surface area contributed by atoms with E-state index in [4.69, 9.17) is 9.47 Å². The molecular formula is C28H47N3O5. The third kappa shape index (κ3) is 12.1. The lowest BCUT2D eigenvalue weighted by atomic mass is 9.88. The Morgan fingerprint density at radius 2 is 1.69 bits per heavy atom. The standard InChI is InChI=1S/C28H47N3O5/c1-8-17-29-20-35-19-23-10-12-24(13-11-23)31-25(33)22(4)30-26(34)27(5,6)16-18-36-28(7,9-2)15-14-21(3)32/h10-13,22,29H,8-9,14-20H2,1-7H3,(H,30,34)(H,31,33)/t22-,28?/m1/s1. The van der Waals surface area contributed by atoms with Crippen molar-refractivity contribution in [3.8, 4) is 0 Å². The minimum atomic E-state index is -0.711. The topological polar surface area (TPSA) is 106 Å². The molecule has 8 nitrogen and oxygen atoms in total. The smallest absolute Gasteiger partial charge is 0.246 e. The molecule has 0 aromatic heterocycles. The fraction of sp³-hybridized carbons (Fsp3) is 0.679. The number of carbonyl (C=O) groups is 3. The van der Waals surface area contributed by atoms with Gasteiger partial charge < -0.3 is 24.9 Å². The van der Waals surface area contributed by atoms with Crippen LogP contribution in [0.25, 0.3) is 0 Å². The first-order valence-electron chi connectivity index (χ1n) is 13.0. The molecule has 2 amide bonds. The van der Waals surface area contributed by atoms with Crippen molar-refractivity contribution in [1.29, 1.82) is 0 Å². The fourth-order valence-corrected chi connectivity index (χ4v) is 3.34. The highest BCUT2D eigenvalue weighted by Gasteiger charge is 2.31. The van der Waals surface area contributed by atoms with Crippen LogP contribution in [0.5, 0.6) is 0 Å². The van der Waals surface area contributed by atoms with Gasteiger partial charge in [0.25, 0.3) is 0 Å². The Balaban J connectivity index is 2.49. The molecule has 0 aliphatic carbocycles. The minimum absolute atomic E-state index is 0.144. The van der Waals surface area contributed by atoms with E-state index in [-0.39, 0.29) is 23.2 Å². The average Bonchev–Trinajstić information content (AvgIpc) is 2.83. The number of ketones is 1. The van der Waals surface area contributed by atoms with Crippen molar-refractivity contribution < 1.29 is 23.9 Å². The SMILES string of the molecule is CCCNCOCc1ccc(NC(=O)[C@@H](C)NC(=O)C(C)(C)CCOC(C)(CC)CCC(C)=O)cc1. The van der Waals surface area contributed by atoms with Gasteiger partial charge in [-0.25, -0.2) is 0 Å². The molecule has 1 rings (SSSR count). The van der Waals surface area contributed by atoms with Crippen LogP contribution in [-0.4, -0.2) is 49.1 Å². The van der Waals surface area contributed by atoms with Gasteiger partial charge in [-0.05, 0) is 70.7 Å². The predicted octanol–water partition coefficient (Wildman–Crippen LogP) is 4.57. The number of anilines is 1. The Kier molecular flexibility index (Phi) is 13.9. The molecule has 3 N–H and O–H groups in total. The van der Waals surface area contributed by atoms with E-state index >= 15 is 0 Å². The molecular weight excluding hydrogens is 458 g/mol. The van der Waals surface area contributed by atoms with E-state index in [0.717, 1.165) is 24.9 Å². The Morgan fingerprint density at radius 1 is 1.03 bits per heavy atom. The molecule has 0 radical (unpaired) electrons. The summed E-state index contributed by atoms with van der Waals surface area (Å²) in [5.41, 5.74) is 0.569. The van der Waals surface area contributed by atoms with Crippen molar-refractivity contribution in [1.82, 2.24) is 10.6 Å². The van der Waals surface area contributed by atoms with Gasteiger partial charge in [0.15, 0.2) is 0 Å². The van der Waals surface area contributed by atoms with Gasteiger partial charge in [-0.2, -0.15) is 0 Å². The molecule has 8 heteroatoms. The van der Waals surface area contributed by atoms with E-state index < -0.39 is 11.5 Å². The van der Waals surface area contributed by atoms with Gasteiger partial charge in [0.05, 0.1) is 18.9 Å². The normalized spacial score (nSPS) is 14.1. The van der Waals surface area contributed by atoms with Crippen LogP contribution in [0, 0.1) is 5.41 Å². The zero-order valence-corrected chi connectivity index (χ0v) is 23.3. The summed E-state index contributed by atoms with van der Waals surface area (Å²) in [6.07, 6.45) is 3.49. The molecule has 0 bridgehead atoms. The van der Waals surface area contributed by atoms with Crippen molar-refractivity contribution >= 4 is 23.3 Å². The van der Waals surface area contributed by atoms with Gasteiger partial charge in [-0.15, -0.1) is 0 Å². The van der Waals surface area contributed by atoms with Crippen LogP contribution in [0.15, 0.2) is 24.3 Å². The van der Waals surface area contributed by atoms with Gasteiger partial charge in [-0.3, -0.25) is 14.9 Å². The van der Waals surface area contributed by atoms with E-state index in [1.165, 1.54) is 0 Å². The van der Waals surface area contributed by atoms with Crippen molar-refractivity contribution in [2.24, 2.45) is 5.41 Å². The van der Waals surface area contributed by atoms with Crippen LogP contribution in [-0.2, 0) is 30.5 Å². The molecule has 1 aromatic rings. The highest BCUT2D eigenvalue weighted by atomic mass is 16.5. The highest BCUT2D eigenvalue weighted by molar-refractivity contribution is 5.97. The van der Waals surface area contributed by atoms with Crippen LogP contribution in [0.1, 0.15) is 86.1 Å². The number of ether oxygens (including phenoxy) is 2. The van der Waals surface area contributed by atoms with E-state index in [0.29, 0.717) is 44.9 Å². The summed E-state index contributed by atoms with van der Waals surface area (Å²) >= 11 is 0. The van der Waals surface area contributed by atoms with Gasteiger partial charge in [0, 0.05) is 24.1 Å². The second kappa shape index (κ2) is 15.7. The van der Waals surface area contributed by atoms with Gasteiger partial charge in [0.1, 0.15) is 11.8 Å². The lowest BCUT2D eigenvalue weighted by molar-refractivity contribution is -0.134. The highest BCUT2D eigenvalue weighted by Crippen LogP contribution is 2.26. The molecule has 0 aliphatic heterocycles. The lowest BCUT2D eigenvalue weighted by Crippen LogP contribution is -2.47. The summed E-state index contributed by atoms with van der Waals surface area (Å²) in [6.45, 7) is 15.4. The number of hydrogen-bond donors (Lipinski definition) is 3. The molecule has 204 valence electrons. The second-order valence-electron chi connectivity index (χ2n) is 10.4. The Bertz CT molecular complexity index is 825. The van der Waals surface area contributed by atoms with Crippen molar-refractivity contribution in [3.05, 3.63) is 29.8 Å². The monoisotopic (exact) mass is 505 g/mol. The largest absolute Gasteiger partial charge is 0.375 e. The van der Waals surface area contributed by atoms with E-state index in [1.54, 1.807) is 13.8 Å². The van der Waals surface area contributed by atoms with Crippen LogP contribution >= 0.6 is 0 Å². The summed E-state index contributed by atoms with van der Waals surface area (Å²) in [6, 6.07) is 6.76. The number of rotatable bonds is 18. The molecule has 0 saturated heterocycles.